The molecule has 0 aromatic rings. The third kappa shape index (κ3) is 6.08. The monoisotopic (exact) mass is 215 g/mol. The molecule has 0 unspecified atom stereocenters. The molecule has 1 atom stereocenters. The molecule has 5 N–H and O–H groups in total. The number of nitrogens with two attached hydrogens (primary N) is 1. The van der Waals surface area contributed by atoms with Crippen molar-refractivity contribution in [1.82, 2.24) is 10.6 Å². The van der Waals surface area contributed by atoms with Crippen molar-refractivity contribution < 1.29 is 19.5 Å². The molecule has 0 aliphatic rings. The lowest BCUT2D eigenvalue weighted by molar-refractivity contribution is -0.140. The maximum Gasteiger partial charge on any atom is 0.326 e. The molecule has 0 fully saturated rings. The van der Waals surface area contributed by atoms with Gasteiger partial charge in [0.05, 0.1) is 6.42 Å². The molecule has 3 amide bonds. The van der Waals surface area contributed by atoms with E-state index in [9.17, 15) is 14.4 Å². The van der Waals surface area contributed by atoms with Crippen LogP contribution in [0.15, 0.2) is 12.7 Å². The first-order chi connectivity index (χ1) is 6.97. The quantitative estimate of drug-likeness (QED) is 0.416. The predicted octanol–water partition coefficient (Wildman–Crippen LogP) is -1.20. The highest BCUT2D eigenvalue weighted by Crippen LogP contribution is 1.91. The molecule has 0 heterocycles. The second-order valence-corrected chi connectivity index (χ2v) is 2.70. The Balaban J connectivity index is 4.16. The van der Waals surface area contributed by atoms with E-state index in [0.29, 0.717) is 0 Å². The van der Waals surface area contributed by atoms with E-state index in [1.165, 1.54) is 6.08 Å². The number of rotatable bonds is 6. The van der Waals surface area contributed by atoms with E-state index in [1.807, 2.05) is 0 Å². The first-order valence-electron chi connectivity index (χ1n) is 4.13. The number of amides is 3. The van der Waals surface area contributed by atoms with Crippen LogP contribution >= 0.6 is 0 Å². The summed E-state index contributed by atoms with van der Waals surface area (Å²) in [6.07, 6.45) is 0.986. The van der Waals surface area contributed by atoms with E-state index in [0.717, 1.165) is 0 Å². The van der Waals surface area contributed by atoms with Gasteiger partial charge in [-0.25, -0.2) is 9.59 Å². The Kier molecular flexibility index (Phi) is 5.53. The summed E-state index contributed by atoms with van der Waals surface area (Å²) in [6, 6.07) is -2.00. The third-order valence-corrected chi connectivity index (χ3v) is 1.42. The Labute approximate surface area is 86.3 Å². The molecule has 0 aliphatic heterocycles. The summed E-state index contributed by atoms with van der Waals surface area (Å²) < 4.78 is 0. The third-order valence-electron chi connectivity index (χ3n) is 1.42. The SMILES string of the molecule is C=CCNC(=O)N[C@H](CC(N)=O)C(=O)O. The van der Waals surface area contributed by atoms with Crippen LogP contribution in [0, 0.1) is 0 Å². The second-order valence-electron chi connectivity index (χ2n) is 2.70. The van der Waals surface area contributed by atoms with Gasteiger partial charge in [0.15, 0.2) is 0 Å². The zero-order valence-corrected chi connectivity index (χ0v) is 8.03. The molecule has 0 bridgehead atoms. The summed E-state index contributed by atoms with van der Waals surface area (Å²) in [7, 11) is 0. The zero-order valence-electron chi connectivity index (χ0n) is 8.03. The van der Waals surface area contributed by atoms with Crippen molar-refractivity contribution >= 4 is 17.9 Å². The van der Waals surface area contributed by atoms with Crippen LogP contribution in [0.2, 0.25) is 0 Å². The summed E-state index contributed by atoms with van der Waals surface area (Å²) in [5.41, 5.74) is 4.82. The molecule has 7 nitrogen and oxygen atoms in total. The number of nitrogens with one attached hydrogen (secondary N) is 2. The molecule has 0 aromatic heterocycles. The van der Waals surface area contributed by atoms with Gasteiger partial charge in [0.2, 0.25) is 5.91 Å². The average Bonchev–Trinajstić information content (AvgIpc) is 2.12. The van der Waals surface area contributed by atoms with Gasteiger partial charge in [0.1, 0.15) is 6.04 Å². The molecule has 0 radical (unpaired) electrons. The van der Waals surface area contributed by atoms with Gasteiger partial charge in [0.25, 0.3) is 0 Å². The maximum atomic E-state index is 11.0. The molecule has 0 saturated carbocycles. The zero-order chi connectivity index (χ0) is 11.8. The van der Waals surface area contributed by atoms with Crippen molar-refractivity contribution in [2.75, 3.05) is 6.54 Å². The summed E-state index contributed by atoms with van der Waals surface area (Å²) >= 11 is 0. The van der Waals surface area contributed by atoms with Crippen molar-refractivity contribution in [3.63, 3.8) is 0 Å². The van der Waals surface area contributed by atoms with Gasteiger partial charge in [-0.3, -0.25) is 4.79 Å². The molecule has 0 saturated heterocycles. The van der Waals surface area contributed by atoms with Gasteiger partial charge in [-0.05, 0) is 0 Å². The number of carbonyl (C=O) groups is 3. The Morgan fingerprint density at radius 3 is 2.47 bits per heavy atom. The number of hydrogen-bond acceptors (Lipinski definition) is 3. The predicted molar refractivity (Wildman–Crippen MR) is 52.0 cm³/mol. The highest BCUT2D eigenvalue weighted by atomic mass is 16.4. The largest absolute Gasteiger partial charge is 0.480 e. The second kappa shape index (κ2) is 6.41. The molecule has 0 aromatic carbocycles. The number of aliphatic carboxylic acids is 1. The standard InChI is InChI=1S/C8H13N3O4/c1-2-3-10-8(15)11-5(7(13)14)4-6(9)12/h2,5H,1,3-4H2,(H2,9,12)(H,13,14)(H2,10,11,15)/t5-/m1/s1. The topological polar surface area (TPSA) is 122 Å². The maximum absolute atomic E-state index is 11.0. The molecule has 0 aliphatic carbocycles. The van der Waals surface area contributed by atoms with Crippen LogP contribution in [0.1, 0.15) is 6.42 Å². The van der Waals surface area contributed by atoms with E-state index >= 15 is 0 Å². The van der Waals surface area contributed by atoms with E-state index < -0.39 is 30.4 Å². The fourth-order valence-electron chi connectivity index (χ4n) is 0.775. The summed E-state index contributed by atoms with van der Waals surface area (Å²) in [5.74, 6) is -2.12. The van der Waals surface area contributed by atoms with Crippen LogP contribution in [-0.2, 0) is 9.59 Å². The minimum absolute atomic E-state index is 0.203. The lowest BCUT2D eigenvalue weighted by Crippen LogP contribution is -2.47. The summed E-state index contributed by atoms with van der Waals surface area (Å²) in [5, 5.41) is 13.0. The number of carbonyl (C=O) groups excluding carboxylic acids is 2. The Morgan fingerprint density at radius 1 is 1.47 bits per heavy atom. The van der Waals surface area contributed by atoms with Gasteiger partial charge in [0, 0.05) is 6.54 Å². The van der Waals surface area contributed by atoms with Crippen LogP contribution in [0.4, 0.5) is 4.79 Å². The van der Waals surface area contributed by atoms with Crippen LogP contribution in [0.5, 0.6) is 0 Å². The minimum Gasteiger partial charge on any atom is -0.480 e. The summed E-state index contributed by atoms with van der Waals surface area (Å²) in [6.45, 7) is 3.57. The molecule has 0 spiro atoms. The Bertz CT molecular complexity index is 277. The first kappa shape index (κ1) is 12.9. The molecular formula is C8H13N3O4. The lowest BCUT2D eigenvalue weighted by atomic mass is 10.2. The van der Waals surface area contributed by atoms with E-state index in [4.69, 9.17) is 10.8 Å². The number of carboxylic acids is 1. The van der Waals surface area contributed by atoms with Crippen molar-refractivity contribution in [2.24, 2.45) is 5.73 Å². The molecule has 0 rings (SSSR count). The molecular weight excluding hydrogens is 202 g/mol. The van der Waals surface area contributed by atoms with Crippen molar-refractivity contribution in [1.29, 1.82) is 0 Å². The van der Waals surface area contributed by atoms with Crippen molar-refractivity contribution in [2.45, 2.75) is 12.5 Å². The number of urea groups is 1. The number of primary amides is 1. The van der Waals surface area contributed by atoms with E-state index in [1.54, 1.807) is 0 Å². The van der Waals surface area contributed by atoms with Gasteiger partial charge in [-0.15, -0.1) is 6.58 Å². The highest BCUT2D eigenvalue weighted by Gasteiger charge is 2.21. The van der Waals surface area contributed by atoms with Gasteiger partial charge < -0.3 is 21.5 Å². The smallest absolute Gasteiger partial charge is 0.326 e. The van der Waals surface area contributed by atoms with E-state index in [-0.39, 0.29) is 6.54 Å². The normalized spacial score (nSPS) is 11.2. The molecule has 84 valence electrons. The van der Waals surface area contributed by atoms with Crippen LogP contribution in [0.3, 0.4) is 0 Å². The number of carboxylic acid groups (broad SMARTS) is 1. The van der Waals surface area contributed by atoms with Crippen LogP contribution in [-0.4, -0.2) is 35.6 Å². The van der Waals surface area contributed by atoms with Crippen molar-refractivity contribution in [3.05, 3.63) is 12.7 Å². The van der Waals surface area contributed by atoms with Gasteiger partial charge >= 0.3 is 12.0 Å². The Hall–Kier alpha value is -2.05. The Morgan fingerprint density at radius 2 is 2.07 bits per heavy atom. The van der Waals surface area contributed by atoms with Crippen LogP contribution < -0.4 is 16.4 Å². The number of hydrogen-bond donors (Lipinski definition) is 4. The summed E-state index contributed by atoms with van der Waals surface area (Å²) in [4.78, 5) is 32.1. The molecule has 15 heavy (non-hydrogen) atoms. The fourth-order valence-corrected chi connectivity index (χ4v) is 0.775. The van der Waals surface area contributed by atoms with Crippen LogP contribution in [0.25, 0.3) is 0 Å². The highest BCUT2D eigenvalue weighted by molar-refractivity contribution is 5.87. The van der Waals surface area contributed by atoms with Crippen molar-refractivity contribution in [3.8, 4) is 0 Å². The average molecular weight is 215 g/mol. The van der Waals surface area contributed by atoms with E-state index in [2.05, 4.69) is 17.2 Å². The lowest BCUT2D eigenvalue weighted by Gasteiger charge is -2.12. The van der Waals surface area contributed by atoms with Gasteiger partial charge in [-0.2, -0.15) is 0 Å². The molecule has 7 heteroatoms. The minimum atomic E-state index is -1.32. The fraction of sp³-hybridized carbons (Fsp3) is 0.375. The first-order valence-corrected chi connectivity index (χ1v) is 4.13. The van der Waals surface area contributed by atoms with Gasteiger partial charge in [-0.1, -0.05) is 6.08 Å².